The number of Topliss-reactive ketones (excluding diaryl/α,β-unsaturated/α-hetero) is 1. The maximum Gasteiger partial charge on any atom is 0.225 e. The van der Waals surface area contributed by atoms with Crippen molar-refractivity contribution in [2.45, 2.75) is 32.7 Å². The molecule has 4 heteroatoms. The largest absolute Gasteiger partial charge is 0.341 e. The Balaban J connectivity index is 1.96. The highest BCUT2D eigenvalue weighted by atomic mass is 16.2. The average molecular weight is 284 g/mol. The number of nitriles is 1. The minimum Gasteiger partial charge on any atom is -0.341 e. The minimum absolute atomic E-state index is 0.00369. The van der Waals surface area contributed by atoms with Crippen LogP contribution in [0.15, 0.2) is 24.3 Å². The monoisotopic (exact) mass is 284 g/mol. The van der Waals surface area contributed by atoms with Gasteiger partial charge in [-0.1, -0.05) is 19.1 Å². The van der Waals surface area contributed by atoms with Crippen molar-refractivity contribution in [3.8, 4) is 6.07 Å². The molecule has 0 saturated heterocycles. The Kier molecular flexibility index (Phi) is 4.74. The van der Waals surface area contributed by atoms with E-state index < -0.39 is 0 Å². The molecule has 0 aromatic heterocycles. The predicted molar refractivity (Wildman–Crippen MR) is 79.1 cm³/mol. The Morgan fingerprint density at radius 1 is 1.38 bits per heavy atom. The van der Waals surface area contributed by atoms with Crippen molar-refractivity contribution in [3.63, 3.8) is 0 Å². The third-order valence-electron chi connectivity index (χ3n) is 4.16. The van der Waals surface area contributed by atoms with Crippen molar-refractivity contribution in [1.82, 2.24) is 4.90 Å². The third kappa shape index (κ3) is 3.69. The molecule has 4 nitrogen and oxygen atoms in total. The first-order valence-corrected chi connectivity index (χ1v) is 7.28. The van der Waals surface area contributed by atoms with Crippen LogP contribution in [0.3, 0.4) is 0 Å². The van der Waals surface area contributed by atoms with Crippen LogP contribution in [0.5, 0.6) is 0 Å². The third-order valence-corrected chi connectivity index (χ3v) is 4.16. The van der Waals surface area contributed by atoms with Gasteiger partial charge in [0.25, 0.3) is 0 Å². The number of carbonyl (C=O) groups excluding carboxylic acids is 2. The quantitative estimate of drug-likeness (QED) is 0.857. The zero-order chi connectivity index (χ0) is 15.4. The molecule has 1 aromatic rings. The van der Waals surface area contributed by atoms with E-state index in [0.29, 0.717) is 31.4 Å². The van der Waals surface area contributed by atoms with E-state index in [-0.39, 0.29) is 23.5 Å². The van der Waals surface area contributed by atoms with Gasteiger partial charge in [0.05, 0.1) is 11.6 Å². The number of hydrogen-bond acceptors (Lipinski definition) is 3. The van der Waals surface area contributed by atoms with Crippen molar-refractivity contribution in [2.24, 2.45) is 11.8 Å². The second kappa shape index (κ2) is 6.53. The molecule has 1 amide bonds. The molecule has 110 valence electrons. The van der Waals surface area contributed by atoms with Gasteiger partial charge >= 0.3 is 0 Å². The van der Waals surface area contributed by atoms with Crippen LogP contribution >= 0.6 is 0 Å². The van der Waals surface area contributed by atoms with Crippen molar-refractivity contribution in [1.29, 1.82) is 5.26 Å². The normalized spacial score (nSPS) is 21.7. The number of ketones is 1. The van der Waals surface area contributed by atoms with Gasteiger partial charge < -0.3 is 4.90 Å². The number of nitrogens with zero attached hydrogens (tertiary/aromatic N) is 2. The Labute approximate surface area is 125 Å². The molecule has 0 radical (unpaired) electrons. The number of amides is 1. The molecular formula is C17H20N2O2. The standard InChI is InChI=1S/C17H20N2O2/c1-12-9-15(7-8-16(12)20)17(21)19(2)11-14-5-3-13(10-18)4-6-14/h3-6,12,15H,7-9,11H2,1-2H3/t12-,15-/m0/s1. The molecule has 21 heavy (non-hydrogen) atoms. The van der Waals surface area contributed by atoms with Gasteiger partial charge in [0.1, 0.15) is 5.78 Å². The van der Waals surface area contributed by atoms with Gasteiger partial charge in [-0.05, 0) is 30.5 Å². The molecule has 2 atom stereocenters. The number of carbonyl (C=O) groups is 2. The molecule has 1 aliphatic carbocycles. The van der Waals surface area contributed by atoms with Gasteiger partial charge in [0.2, 0.25) is 5.91 Å². The zero-order valence-corrected chi connectivity index (χ0v) is 12.5. The number of rotatable bonds is 3. The van der Waals surface area contributed by atoms with E-state index >= 15 is 0 Å². The highest BCUT2D eigenvalue weighted by Crippen LogP contribution is 2.27. The van der Waals surface area contributed by atoms with E-state index in [2.05, 4.69) is 6.07 Å². The summed E-state index contributed by atoms with van der Waals surface area (Å²) in [6.45, 7) is 2.44. The lowest BCUT2D eigenvalue weighted by molar-refractivity contribution is -0.138. The molecule has 0 aliphatic heterocycles. The first-order chi connectivity index (χ1) is 10.0. The van der Waals surface area contributed by atoms with Crippen molar-refractivity contribution < 1.29 is 9.59 Å². The summed E-state index contributed by atoms with van der Waals surface area (Å²) < 4.78 is 0. The van der Waals surface area contributed by atoms with Crippen molar-refractivity contribution in [3.05, 3.63) is 35.4 Å². The topological polar surface area (TPSA) is 61.2 Å². The molecule has 0 N–H and O–H groups in total. The highest BCUT2D eigenvalue weighted by molar-refractivity contribution is 5.85. The Bertz CT molecular complexity index is 571. The van der Waals surface area contributed by atoms with Crippen LogP contribution in [0, 0.1) is 23.2 Å². The first-order valence-electron chi connectivity index (χ1n) is 7.28. The van der Waals surface area contributed by atoms with Crippen LogP contribution in [-0.4, -0.2) is 23.6 Å². The fourth-order valence-electron chi connectivity index (χ4n) is 2.81. The van der Waals surface area contributed by atoms with E-state index in [1.165, 1.54) is 0 Å². The minimum atomic E-state index is -0.0407. The summed E-state index contributed by atoms with van der Waals surface area (Å²) in [5, 5.41) is 8.77. The Hall–Kier alpha value is -2.15. The summed E-state index contributed by atoms with van der Waals surface area (Å²) in [5.74, 6) is 0.338. The van der Waals surface area contributed by atoms with E-state index in [1.54, 1.807) is 24.1 Å². The maximum absolute atomic E-state index is 12.4. The Morgan fingerprint density at radius 3 is 2.62 bits per heavy atom. The van der Waals surface area contributed by atoms with Crippen LogP contribution in [0.4, 0.5) is 0 Å². The lowest BCUT2D eigenvalue weighted by Crippen LogP contribution is -2.36. The van der Waals surface area contributed by atoms with Gasteiger partial charge in [-0.2, -0.15) is 5.26 Å². The van der Waals surface area contributed by atoms with E-state index in [0.717, 1.165) is 5.56 Å². The summed E-state index contributed by atoms with van der Waals surface area (Å²) in [6, 6.07) is 9.34. The second-order valence-corrected chi connectivity index (χ2v) is 5.84. The lowest BCUT2D eigenvalue weighted by atomic mass is 9.81. The van der Waals surface area contributed by atoms with Crippen LogP contribution < -0.4 is 0 Å². The van der Waals surface area contributed by atoms with Gasteiger partial charge in [-0.25, -0.2) is 0 Å². The zero-order valence-electron chi connectivity index (χ0n) is 12.5. The summed E-state index contributed by atoms with van der Waals surface area (Å²) in [4.78, 5) is 25.7. The molecule has 0 unspecified atom stereocenters. The maximum atomic E-state index is 12.4. The molecule has 1 fully saturated rings. The van der Waals surface area contributed by atoms with Gasteiger partial charge in [-0.15, -0.1) is 0 Å². The van der Waals surface area contributed by atoms with E-state index in [1.807, 2.05) is 19.1 Å². The van der Waals surface area contributed by atoms with E-state index in [9.17, 15) is 9.59 Å². The fourth-order valence-corrected chi connectivity index (χ4v) is 2.81. The van der Waals surface area contributed by atoms with E-state index in [4.69, 9.17) is 5.26 Å². The Morgan fingerprint density at radius 2 is 2.05 bits per heavy atom. The number of hydrogen-bond donors (Lipinski definition) is 0. The highest BCUT2D eigenvalue weighted by Gasteiger charge is 2.31. The summed E-state index contributed by atoms with van der Waals surface area (Å²) >= 11 is 0. The fraction of sp³-hybridized carbons (Fsp3) is 0.471. The SMILES string of the molecule is C[C@H]1C[C@@H](C(=O)N(C)Cc2ccc(C#N)cc2)CCC1=O. The van der Waals surface area contributed by atoms with Crippen molar-refractivity contribution >= 4 is 11.7 Å². The summed E-state index contributed by atoms with van der Waals surface area (Å²) in [7, 11) is 1.79. The average Bonchev–Trinajstić information content (AvgIpc) is 2.50. The number of benzene rings is 1. The molecule has 0 spiro atoms. The smallest absolute Gasteiger partial charge is 0.225 e. The lowest BCUT2D eigenvalue weighted by Gasteiger charge is -2.29. The molecule has 1 aromatic carbocycles. The molecule has 1 saturated carbocycles. The van der Waals surface area contributed by atoms with Gasteiger partial charge in [-0.3, -0.25) is 9.59 Å². The summed E-state index contributed by atoms with van der Waals surface area (Å²) in [6.07, 6.45) is 1.84. The van der Waals surface area contributed by atoms with Crippen LogP contribution in [-0.2, 0) is 16.1 Å². The second-order valence-electron chi connectivity index (χ2n) is 5.84. The molecular weight excluding hydrogens is 264 g/mol. The molecule has 1 aliphatic rings. The van der Waals surface area contributed by atoms with Crippen LogP contribution in [0.2, 0.25) is 0 Å². The summed E-state index contributed by atoms with van der Waals surface area (Å²) in [5.41, 5.74) is 1.62. The molecule has 0 heterocycles. The predicted octanol–water partition coefficient (Wildman–Crippen LogP) is 2.52. The van der Waals surface area contributed by atoms with Gasteiger partial charge in [0, 0.05) is 31.8 Å². The van der Waals surface area contributed by atoms with Crippen LogP contribution in [0.1, 0.15) is 37.3 Å². The first kappa shape index (κ1) is 15.2. The molecule has 2 rings (SSSR count). The molecule has 0 bridgehead atoms. The van der Waals surface area contributed by atoms with Crippen LogP contribution in [0.25, 0.3) is 0 Å². The van der Waals surface area contributed by atoms with Gasteiger partial charge in [0.15, 0.2) is 0 Å². The van der Waals surface area contributed by atoms with Crippen molar-refractivity contribution in [2.75, 3.05) is 7.05 Å².